The maximum atomic E-state index is 13.1. The van der Waals surface area contributed by atoms with E-state index in [1.807, 2.05) is 25.1 Å². The second-order valence-electron chi connectivity index (χ2n) is 8.19. The molecule has 1 saturated heterocycles. The summed E-state index contributed by atoms with van der Waals surface area (Å²) in [4.78, 5) is 27.3. The van der Waals surface area contributed by atoms with Gasteiger partial charge in [-0.25, -0.2) is 4.79 Å². The third-order valence-corrected chi connectivity index (χ3v) is 5.90. The zero-order chi connectivity index (χ0) is 19.9. The molecule has 3 N–H and O–H groups in total. The number of hydrogen-bond donors (Lipinski definition) is 3. The van der Waals surface area contributed by atoms with Gasteiger partial charge in [0.2, 0.25) is 0 Å². The minimum atomic E-state index is -0.249. The second kappa shape index (κ2) is 9.80. The smallest absolute Gasteiger partial charge is 0.319 e. The van der Waals surface area contributed by atoms with Gasteiger partial charge in [-0.2, -0.15) is 0 Å². The van der Waals surface area contributed by atoms with Crippen LogP contribution in [0, 0.1) is 5.92 Å². The Bertz CT molecular complexity index is 677. The number of rotatable bonds is 5. The van der Waals surface area contributed by atoms with Crippen molar-refractivity contribution in [1.29, 1.82) is 0 Å². The Hall–Kier alpha value is -2.24. The molecule has 3 rings (SSSR count). The Labute approximate surface area is 168 Å². The van der Waals surface area contributed by atoms with Crippen LogP contribution < -0.4 is 20.9 Å². The Balaban J connectivity index is 1.81. The average Bonchev–Trinajstić information content (AvgIpc) is 2.69. The minimum Gasteiger partial charge on any atom is -0.371 e. The number of piperidine rings is 1. The highest BCUT2D eigenvalue weighted by atomic mass is 16.2. The number of hydrogen-bond acceptors (Lipinski definition) is 3. The van der Waals surface area contributed by atoms with E-state index in [4.69, 9.17) is 0 Å². The molecule has 0 spiro atoms. The predicted octanol–water partition coefficient (Wildman–Crippen LogP) is 4.13. The summed E-state index contributed by atoms with van der Waals surface area (Å²) in [6.07, 6.45) is 8.01. The number of benzene rings is 1. The molecule has 0 aromatic heterocycles. The van der Waals surface area contributed by atoms with Crippen molar-refractivity contribution >= 4 is 23.3 Å². The summed E-state index contributed by atoms with van der Waals surface area (Å²) < 4.78 is 0. The summed E-state index contributed by atoms with van der Waals surface area (Å²) in [5.74, 6) is 0.703. The van der Waals surface area contributed by atoms with Crippen LogP contribution in [0.15, 0.2) is 18.2 Å². The first-order valence-corrected chi connectivity index (χ1v) is 10.8. The lowest BCUT2D eigenvalue weighted by atomic mass is 9.95. The van der Waals surface area contributed by atoms with Gasteiger partial charge in [0.05, 0.1) is 5.56 Å². The first-order chi connectivity index (χ1) is 13.6. The van der Waals surface area contributed by atoms with Crippen molar-refractivity contribution in [2.75, 3.05) is 29.9 Å². The molecule has 6 nitrogen and oxygen atoms in total. The first-order valence-electron chi connectivity index (χ1n) is 10.8. The van der Waals surface area contributed by atoms with E-state index in [9.17, 15) is 9.59 Å². The number of nitrogens with zero attached hydrogens (tertiary/aromatic N) is 1. The van der Waals surface area contributed by atoms with E-state index in [-0.39, 0.29) is 18.0 Å². The normalized spacial score (nSPS) is 18.6. The van der Waals surface area contributed by atoms with Crippen LogP contribution in [0.2, 0.25) is 0 Å². The summed E-state index contributed by atoms with van der Waals surface area (Å²) >= 11 is 0. The van der Waals surface area contributed by atoms with Gasteiger partial charge in [-0.05, 0) is 56.7 Å². The number of carbonyl (C=O) groups excluding carboxylic acids is 2. The maximum absolute atomic E-state index is 13.1. The molecular weight excluding hydrogens is 352 g/mol. The van der Waals surface area contributed by atoms with E-state index in [0.717, 1.165) is 50.4 Å². The van der Waals surface area contributed by atoms with E-state index in [1.165, 1.54) is 19.3 Å². The zero-order valence-corrected chi connectivity index (χ0v) is 17.2. The van der Waals surface area contributed by atoms with Crippen LogP contribution in [-0.4, -0.2) is 37.6 Å². The molecule has 1 aliphatic heterocycles. The lowest BCUT2D eigenvalue weighted by molar-refractivity contribution is 0.0928. The fourth-order valence-corrected chi connectivity index (χ4v) is 4.17. The van der Waals surface area contributed by atoms with Gasteiger partial charge in [0, 0.05) is 37.1 Å². The highest BCUT2D eigenvalue weighted by Gasteiger charge is 2.24. The molecule has 2 aliphatic rings. The number of nitrogens with one attached hydrogen (secondary N) is 3. The van der Waals surface area contributed by atoms with Crippen molar-refractivity contribution < 1.29 is 9.59 Å². The Morgan fingerprint density at radius 1 is 1.07 bits per heavy atom. The number of carbonyl (C=O) groups is 2. The lowest BCUT2D eigenvalue weighted by Crippen LogP contribution is -2.38. The maximum Gasteiger partial charge on any atom is 0.319 e. The quantitative estimate of drug-likeness (QED) is 0.712. The van der Waals surface area contributed by atoms with Crippen LogP contribution in [0.3, 0.4) is 0 Å². The van der Waals surface area contributed by atoms with E-state index < -0.39 is 0 Å². The topological polar surface area (TPSA) is 73.5 Å². The summed E-state index contributed by atoms with van der Waals surface area (Å²) in [7, 11) is 0. The third-order valence-electron chi connectivity index (χ3n) is 5.90. The number of anilines is 2. The first kappa shape index (κ1) is 20.5. The molecule has 6 heteroatoms. The van der Waals surface area contributed by atoms with Crippen LogP contribution in [0.1, 0.15) is 69.2 Å². The molecule has 0 bridgehead atoms. The molecule has 0 unspecified atom stereocenters. The van der Waals surface area contributed by atoms with Crippen LogP contribution in [0.5, 0.6) is 0 Å². The van der Waals surface area contributed by atoms with Crippen molar-refractivity contribution in [3.8, 4) is 0 Å². The molecule has 1 heterocycles. The van der Waals surface area contributed by atoms with Gasteiger partial charge in [0.1, 0.15) is 0 Å². The lowest BCUT2D eigenvalue weighted by Gasteiger charge is -2.34. The highest BCUT2D eigenvalue weighted by Crippen LogP contribution is 2.29. The fourth-order valence-electron chi connectivity index (χ4n) is 4.17. The van der Waals surface area contributed by atoms with Gasteiger partial charge in [0.25, 0.3) is 5.91 Å². The van der Waals surface area contributed by atoms with Crippen molar-refractivity contribution in [1.82, 2.24) is 10.6 Å². The standard InChI is InChI=1S/C22H34N4O2/c1-3-23-22(28)25-18-9-10-20(26-13-11-16(2)12-14-26)19(15-18)21(27)24-17-7-5-4-6-8-17/h9-10,15-17H,3-8,11-14H2,1-2H3,(H,24,27)(H2,23,25,28). The zero-order valence-electron chi connectivity index (χ0n) is 17.2. The van der Waals surface area contributed by atoms with E-state index in [0.29, 0.717) is 17.8 Å². The molecule has 0 radical (unpaired) electrons. The third kappa shape index (κ3) is 5.40. The largest absolute Gasteiger partial charge is 0.371 e. The van der Waals surface area contributed by atoms with Crippen molar-refractivity contribution in [3.05, 3.63) is 23.8 Å². The van der Waals surface area contributed by atoms with Crippen LogP contribution in [0.25, 0.3) is 0 Å². The van der Waals surface area contributed by atoms with Crippen LogP contribution in [-0.2, 0) is 0 Å². The molecule has 1 saturated carbocycles. The van der Waals surface area contributed by atoms with Crippen LogP contribution in [0.4, 0.5) is 16.2 Å². The summed E-state index contributed by atoms with van der Waals surface area (Å²) in [5, 5.41) is 8.80. The SMILES string of the molecule is CCNC(=O)Nc1ccc(N2CCC(C)CC2)c(C(=O)NC2CCCCC2)c1. The van der Waals surface area contributed by atoms with Crippen molar-refractivity contribution in [2.24, 2.45) is 5.92 Å². The van der Waals surface area contributed by atoms with Gasteiger partial charge in [0.15, 0.2) is 0 Å². The molecule has 2 fully saturated rings. The monoisotopic (exact) mass is 386 g/mol. The van der Waals surface area contributed by atoms with Crippen molar-refractivity contribution in [3.63, 3.8) is 0 Å². The molecule has 3 amide bonds. The second-order valence-corrected chi connectivity index (χ2v) is 8.19. The predicted molar refractivity (Wildman–Crippen MR) is 114 cm³/mol. The van der Waals surface area contributed by atoms with E-state index >= 15 is 0 Å². The van der Waals surface area contributed by atoms with Gasteiger partial charge < -0.3 is 20.9 Å². The fraction of sp³-hybridized carbons (Fsp3) is 0.636. The molecule has 0 atom stereocenters. The van der Waals surface area contributed by atoms with E-state index in [1.54, 1.807) is 0 Å². The highest BCUT2D eigenvalue weighted by molar-refractivity contribution is 6.02. The average molecular weight is 387 g/mol. The minimum absolute atomic E-state index is 0.0277. The molecule has 1 aliphatic carbocycles. The number of urea groups is 1. The van der Waals surface area contributed by atoms with Crippen LogP contribution >= 0.6 is 0 Å². The Morgan fingerprint density at radius 2 is 1.79 bits per heavy atom. The van der Waals surface area contributed by atoms with Gasteiger partial charge in [-0.15, -0.1) is 0 Å². The van der Waals surface area contributed by atoms with Gasteiger partial charge >= 0.3 is 6.03 Å². The molecular formula is C22H34N4O2. The molecule has 28 heavy (non-hydrogen) atoms. The number of amides is 3. The van der Waals surface area contributed by atoms with Gasteiger partial charge in [-0.3, -0.25) is 4.79 Å². The molecule has 1 aromatic carbocycles. The van der Waals surface area contributed by atoms with Gasteiger partial charge in [-0.1, -0.05) is 26.2 Å². The molecule has 1 aromatic rings. The Morgan fingerprint density at radius 3 is 2.46 bits per heavy atom. The summed E-state index contributed by atoms with van der Waals surface area (Å²) in [6, 6.07) is 5.70. The summed E-state index contributed by atoms with van der Waals surface area (Å²) in [6.45, 7) is 6.66. The summed E-state index contributed by atoms with van der Waals surface area (Å²) in [5.41, 5.74) is 2.28. The van der Waals surface area contributed by atoms with Crippen molar-refractivity contribution in [2.45, 2.75) is 64.8 Å². The molecule has 154 valence electrons. The Kier molecular flexibility index (Phi) is 7.18. The van der Waals surface area contributed by atoms with E-state index in [2.05, 4.69) is 27.8 Å².